The maximum atomic E-state index is 15.1. The van der Waals surface area contributed by atoms with Crippen LogP contribution in [0.4, 0.5) is 35.1 Å². The lowest BCUT2D eigenvalue weighted by atomic mass is 9.94. The van der Waals surface area contributed by atoms with E-state index >= 15 is 8.78 Å². The Balaban J connectivity index is 1.07. The average molecular weight is 869 g/mol. The average Bonchev–Trinajstić information content (AvgIpc) is 3.80. The Kier molecular flexibility index (Phi) is 9.79. The zero-order valence-corrected chi connectivity index (χ0v) is 31.4. The van der Waals surface area contributed by atoms with Gasteiger partial charge in [0, 0.05) is 22.8 Å². The van der Waals surface area contributed by atoms with Gasteiger partial charge in [-0.05, 0) is 103 Å². The van der Waals surface area contributed by atoms with Gasteiger partial charge in [0.1, 0.15) is 28.3 Å². The van der Waals surface area contributed by atoms with Gasteiger partial charge in [-0.1, -0.05) is 6.07 Å². The van der Waals surface area contributed by atoms with Gasteiger partial charge in [-0.25, -0.2) is 18.4 Å². The Bertz CT molecular complexity index is 2900. The Labute approximate surface area is 327 Å². The zero-order chi connectivity index (χ0) is 42.9. The Morgan fingerprint density at radius 1 is 0.593 bits per heavy atom. The molecule has 0 bridgehead atoms. The molecule has 2 heterocycles. The van der Waals surface area contributed by atoms with Gasteiger partial charge >= 0.3 is 33.1 Å². The summed E-state index contributed by atoms with van der Waals surface area (Å²) in [6.45, 7) is 0.663. The number of benzene rings is 5. The predicted molar refractivity (Wildman–Crippen MR) is 192 cm³/mol. The number of aryl methyl sites for hydroxylation is 1. The molecule has 0 spiro atoms. The molecule has 0 aliphatic rings. The quantitative estimate of drug-likeness (QED) is 0.0920. The van der Waals surface area contributed by atoms with Gasteiger partial charge in [0.25, 0.3) is 0 Å². The SMILES string of the molecule is COc1ccc(-c2nc3cc4nc(-c5ccc(Oc6ccc(S(=O)(=O)c7ccc(C)c(C(F)(F)C(F)(F)C(F)(F)C(F)(F)S(=O)(=O)O)c7)cc6)cc5)oc4cc3o2)cc1. The molecular formula is C38H24F8N2O9S2. The van der Waals surface area contributed by atoms with Crippen molar-refractivity contribution in [2.45, 2.75) is 39.7 Å². The van der Waals surface area contributed by atoms with Crippen molar-refractivity contribution in [1.29, 1.82) is 0 Å². The molecule has 0 unspecified atom stereocenters. The lowest BCUT2D eigenvalue weighted by Gasteiger charge is -2.36. The molecule has 21 heteroatoms. The molecule has 0 atom stereocenters. The highest BCUT2D eigenvalue weighted by molar-refractivity contribution is 7.91. The van der Waals surface area contributed by atoms with Crippen LogP contribution in [0.15, 0.2) is 122 Å². The van der Waals surface area contributed by atoms with Crippen LogP contribution in [-0.4, -0.2) is 55.6 Å². The van der Waals surface area contributed by atoms with E-state index in [-0.39, 0.29) is 23.5 Å². The molecule has 59 heavy (non-hydrogen) atoms. The highest BCUT2D eigenvalue weighted by atomic mass is 32.2. The zero-order valence-electron chi connectivity index (χ0n) is 29.8. The van der Waals surface area contributed by atoms with Crippen molar-refractivity contribution in [3.8, 4) is 40.2 Å². The monoisotopic (exact) mass is 868 g/mol. The van der Waals surface area contributed by atoms with Gasteiger partial charge in [0.05, 0.1) is 16.9 Å². The van der Waals surface area contributed by atoms with E-state index in [9.17, 15) is 43.2 Å². The number of rotatable bonds is 12. The summed E-state index contributed by atoms with van der Waals surface area (Å²) >= 11 is 0. The number of halogens is 8. The minimum Gasteiger partial charge on any atom is -0.497 e. The summed E-state index contributed by atoms with van der Waals surface area (Å²) in [6.07, 6.45) is 0. The summed E-state index contributed by atoms with van der Waals surface area (Å²) in [5.74, 6) is -19.2. The predicted octanol–water partition coefficient (Wildman–Crippen LogP) is 10.1. The van der Waals surface area contributed by atoms with Gasteiger partial charge < -0.3 is 18.3 Å². The fourth-order valence-electron chi connectivity index (χ4n) is 5.77. The number of methoxy groups -OCH3 is 1. The largest absolute Gasteiger partial charge is 0.497 e. The van der Waals surface area contributed by atoms with Gasteiger partial charge in [0.2, 0.25) is 21.6 Å². The smallest absolute Gasteiger partial charge is 0.438 e. The van der Waals surface area contributed by atoms with Crippen molar-refractivity contribution >= 4 is 42.2 Å². The van der Waals surface area contributed by atoms with Crippen LogP contribution in [0.3, 0.4) is 0 Å². The maximum Gasteiger partial charge on any atom is 0.438 e. The fourth-order valence-corrected chi connectivity index (χ4v) is 7.51. The minimum atomic E-state index is -7.38. The lowest BCUT2D eigenvalue weighted by Crippen LogP contribution is -2.63. The highest BCUT2D eigenvalue weighted by Gasteiger charge is 2.84. The van der Waals surface area contributed by atoms with Crippen molar-refractivity contribution < 1.29 is 74.8 Å². The van der Waals surface area contributed by atoms with Crippen LogP contribution in [0.25, 0.3) is 45.1 Å². The number of hydrogen-bond acceptors (Lipinski definition) is 10. The summed E-state index contributed by atoms with van der Waals surface area (Å²) in [7, 11) is -10.6. The van der Waals surface area contributed by atoms with Crippen LogP contribution in [0.1, 0.15) is 11.1 Å². The van der Waals surface area contributed by atoms with Crippen molar-refractivity contribution in [3.05, 3.63) is 114 Å². The molecular weight excluding hydrogens is 845 g/mol. The van der Waals surface area contributed by atoms with Crippen LogP contribution in [0, 0.1) is 6.92 Å². The van der Waals surface area contributed by atoms with E-state index in [0.717, 1.165) is 29.8 Å². The van der Waals surface area contributed by atoms with Gasteiger partial charge in [-0.3, -0.25) is 4.55 Å². The summed E-state index contributed by atoms with van der Waals surface area (Å²) in [5, 5.41) is -7.07. The second kappa shape index (κ2) is 14.1. The molecule has 0 saturated heterocycles. The van der Waals surface area contributed by atoms with E-state index in [1.54, 1.807) is 55.6 Å². The number of ether oxygens (including phenoxy) is 2. The van der Waals surface area contributed by atoms with Gasteiger partial charge in [0.15, 0.2) is 11.2 Å². The number of alkyl halides is 8. The molecule has 0 fully saturated rings. The number of hydrogen-bond donors (Lipinski definition) is 1. The van der Waals surface area contributed by atoms with E-state index in [0.29, 0.717) is 58.5 Å². The molecule has 0 amide bonds. The van der Waals surface area contributed by atoms with E-state index < -0.39 is 63.9 Å². The first-order chi connectivity index (χ1) is 27.5. The van der Waals surface area contributed by atoms with Gasteiger partial charge in [-0.2, -0.15) is 43.5 Å². The summed E-state index contributed by atoms with van der Waals surface area (Å²) in [6, 6.07) is 22.2. The van der Waals surface area contributed by atoms with Crippen LogP contribution in [0.2, 0.25) is 0 Å². The number of sulfone groups is 1. The number of aromatic nitrogens is 2. The molecule has 2 aromatic heterocycles. The Morgan fingerprint density at radius 3 is 1.53 bits per heavy atom. The maximum absolute atomic E-state index is 15.1. The van der Waals surface area contributed by atoms with Crippen LogP contribution in [0.5, 0.6) is 17.2 Å². The molecule has 1 N–H and O–H groups in total. The van der Waals surface area contributed by atoms with Crippen LogP contribution < -0.4 is 9.47 Å². The first-order valence-corrected chi connectivity index (χ1v) is 19.5. The molecule has 11 nitrogen and oxygen atoms in total. The van der Waals surface area contributed by atoms with Gasteiger partial charge in [-0.15, -0.1) is 0 Å². The Hall–Kier alpha value is -6.06. The third-order valence-corrected chi connectivity index (χ3v) is 11.7. The van der Waals surface area contributed by atoms with Crippen molar-refractivity contribution in [2.24, 2.45) is 0 Å². The topological polar surface area (TPSA) is 159 Å². The summed E-state index contributed by atoms with van der Waals surface area (Å²) < 4.78 is 194. The molecule has 0 radical (unpaired) electrons. The molecule has 7 aromatic rings. The van der Waals surface area contributed by atoms with E-state index in [1.807, 2.05) is 12.1 Å². The first kappa shape index (κ1) is 41.1. The van der Waals surface area contributed by atoms with Crippen LogP contribution in [-0.2, 0) is 25.9 Å². The third kappa shape index (κ3) is 6.91. The third-order valence-electron chi connectivity index (χ3n) is 9.04. The minimum absolute atomic E-state index is 0.0698. The summed E-state index contributed by atoms with van der Waals surface area (Å²) in [4.78, 5) is 7.34. The molecule has 0 aliphatic heterocycles. The molecule has 5 aromatic carbocycles. The molecule has 0 saturated carbocycles. The van der Waals surface area contributed by atoms with E-state index in [1.165, 1.54) is 0 Å². The standard InChI is InChI=1S/C38H24F8N2O9S2/c1-20-3-14-27(17-28(20)35(39,40)36(41,42)37(43,44)38(45,46)59(51,52)53)58(49,50)26-15-12-25(13-16-26)55-24-10-6-22(7-11-24)34-48-30-18-29-31(19-32(30)57-34)56-33(47-29)21-4-8-23(54-2)9-5-21/h3-19H,1-2H3,(H,51,52,53). The number of oxazole rings is 2. The summed E-state index contributed by atoms with van der Waals surface area (Å²) in [5.41, 5.74) is 0.161. The normalized spacial score (nSPS) is 13.3. The lowest BCUT2D eigenvalue weighted by molar-refractivity contribution is -0.353. The van der Waals surface area contributed by atoms with E-state index in [4.69, 9.17) is 22.9 Å². The van der Waals surface area contributed by atoms with Crippen molar-refractivity contribution in [3.63, 3.8) is 0 Å². The van der Waals surface area contributed by atoms with Crippen molar-refractivity contribution in [1.82, 2.24) is 9.97 Å². The van der Waals surface area contributed by atoms with Crippen molar-refractivity contribution in [2.75, 3.05) is 7.11 Å². The number of nitrogens with zero attached hydrogens (tertiary/aromatic N) is 2. The molecule has 0 aliphatic carbocycles. The highest BCUT2D eigenvalue weighted by Crippen LogP contribution is 2.58. The van der Waals surface area contributed by atoms with Crippen LogP contribution >= 0.6 is 0 Å². The second-order valence-electron chi connectivity index (χ2n) is 12.8. The second-order valence-corrected chi connectivity index (χ2v) is 16.3. The number of fused-ring (bicyclic) bond motifs is 2. The fraction of sp³-hybridized carbons (Fsp3) is 0.158. The molecule has 7 rings (SSSR count). The first-order valence-electron chi connectivity index (χ1n) is 16.6. The van der Waals surface area contributed by atoms with E-state index in [2.05, 4.69) is 9.97 Å². The molecule has 308 valence electrons. The Morgan fingerprint density at radius 2 is 1.05 bits per heavy atom.